The minimum atomic E-state index is -4.48. The van der Waals surface area contributed by atoms with Crippen molar-refractivity contribution in [1.29, 1.82) is 0 Å². The lowest BCUT2D eigenvalue weighted by Crippen LogP contribution is -2.58. The number of anilines is 1. The van der Waals surface area contributed by atoms with Gasteiger partial charge in [0.05, 0.1) is 5.56 Å². The molecule has 0 saturated carbocycles. The molecule has 6 rings (SSSR count). The Balaban J connectivity index is 1.32. The van der Waals surface area contributed by atoms with E-state index in [2.05, 4.69) is 28.7 Å². The van der Waals surface area contributed by atoms with E-state index in [-0.39, 0.29) is 17.1 Å². The van der Waals surface area contributed by atoms with Crippen LogP contribution in [0.3, 0.4) is 0 Å². The fourth-order valence-corrected chi connectivity index (χ4v) is 5.66. The van der Waals surface area contributed by atoms with Crippen LogP contribution < -0.4 is 4.90 Å². The molecule has 0 aliphatic carbocycles. The Hall–Kier alpha value is -3.85. The van der Waals surface area contributed by atoms with Gasteiger partial charge < -0.3 is 19.7 Å². The second kappa shape index (κ2) is 9.66. The Morgan fingerprint density at radius 2 is 1.62 bits per heavy atom. The topological polar surface area (TPSA) is 55.5 Å². The van der Waals surface area contributed by atoms with Gasteiger partial charge in [0.25, 0.3) is 5.91 Å². The van der Waals surface area contributed by atoms with Crippen LogP contribution in [0.4, 0.5) is 18.9 Å². The molecule has 6 nitrogen and oxygen atoms in total. The number of pyridine rings is 1. The molecule has 2 aromatic heterocycles. The van der Waals surface area contributed by atoms with Crippen LogP contribution in [-0.4, -0.2) is 71.0 Å². The number of halogens is 3. The van der Waals surface area contributed by atoms with Crippen molar-refractivity contribution >= 4 is 22.6 Å². The van der Waals surface area contributed by atoms with Crippen LogP contribution in [0.5, 0.6) is 0 Å². The van der Waals surface area contributed by atoms with Gasteiger partial charge >= 0.3 is 6.18 Å². The Kier molecular flexibility index (Phi) is 6.37. The monoisotopic (exact) mass is 547 g/mol. The van der Waals surface area contributed by atoms with Gasteiger partial charge in [0, 0.05) is 78.4 Å². The minimum Gasteiger partial charge on any atom is -0.368 e. The molecule has 1 amide bonds. The quantitative estimate of drug-likeness (QED) is 0.326. The number of likely N-dealkylation sites (tertiary alicyclic amines) is 1. The first kappa shape index (κ1) is 26.4. The van der Waals surface area contributed by atoms with Gasteiger partial charge in [-0.2, -0.15) is 13.2 Å². The van der Waals surface area contributed by atoms with E-state index in [0.717, 1.165) is 42.6 Å². The number of fused-ring (bicyclic) bond motifs is 1. The number of likely N-dealkylation sites (N-methyl/N-ethyl adjacent to an activating group) is 1. The van der Waals surface area contributed by atoms with E-state index < -0.39 is 11.7 Å². The molecule has 0 bridgehead atoms. The lowest BCUT2D eigenvalue weighted by molar-refractivity contribution is -0.137. The number of piperazine rings is 1. The SMILES string of the molecule is CN1CCN(c2ccc(-c3cnc4[nH]cc(-c5ccc(C(=O)N6CCC6(C)C)cc5)c4c3)cc2C(F)(F)F)CC1. The second-order valence-electron chi connectivity index (χ2n) is 11.4. The van der Waals surface area contributed by atoms with Crippen LogP contribution in [0, 0.1) is 0 Å². The van der Waals surface area contributed by atoms with Crippen LogP contribution in [0.25, 0.3) is 33.3 Å². The summed E-state index contributed by atoms with van der Waals surface area (Å²) in [5.74, 6) is 0.0196. The molecule has 9 heteroatoms. The van der Waals surface area contributed by atoms with Crippen molar-refractivity contribution in [3.8, 4) is 22.3 Å². The predicted octanol–water partition coefficient (Wildman–Crippen LogP) is 6.29. The van der Waals surface area contributed by atoms with Gasteiger partial charge in [-0.3, -0.25) is 4.79 Å². The van der Waals surface area contributed by atoms with Gasteiger partial charge in [-0.1, -0.05) is 18.2 Å². The molecule has 0 unspecified atom stereocenters. The summed E-state index contributed by atoms with van der Waals surface area (Å²) in [7, 11) is 1.98. The zero-order chi connectivity index (χ0) is 28.2. The number of nitrogens with one attached hydrogen (secondary N) is 1. The van der Waals surface area contributed by atoms with E-state index in [0.29, 0.717) is 35.4 Å². The van der Waals surface area contributed by atoms with Crippen molar-refractivity contribution < 1.29 is 18.0 Å². The van der Waals surface area contributed by atoms with Gasteiger partial charge in [-0.15, -0.1) is 0 Å². The molecule has 2 fully saturated rings. The number of aromatic nitrogens is 2. The van der Waals surface area contributed by atoms with Crippen LogP contribution in [0.15, 0.2) is 60.9 Å². The predicted molar refractivity (Wildman–Crippen MR) is 151 cm³/mol. The third-order valence-electron chi connectivity index (χ3n) is 8.38. The first-order chi connectivity index (χ1) is 19.0. The summed E-state index contributed by atoms with van der Waals surface area (Å²) in [6.45, 7) is 7.45. The van der Waals surface area contributed by atoms with E-state index in [4.69, 9.17) is 0 Å². The first-order valence-electron chi connectivity index (χ1n) is 13.6. The van der Waals surface area contributed by atoms with Crippen molar-refractivity contribution in [2.75, 3.05) is 44.7 Å². The van der Waals surface area contributed by atoms with Crippen molar-refractivity contribution in [3.63, 3.8) is 0 Å². The molecule has 208 valence electrons. The third-order valence-corrected chi connectivity index (χ3v) is 8.38. The van der Waals surface area contributed by atoms with Gasteiger partial charge in [0.2, 0.25) is 0 Å². The normalized spacial score (nSPS) is 17.8. The summed E-state index contributed by atoms with van der Waals surface area (Å²) in [5.41, 5.74) is 3.58. The van der Waals surface area contributed by atoms with Gasteiger partial charge in [0.15, 0.2) is 0 Å². The number of H-pyrrole nitrogens is 1. The highest BCUT2D eigenvalue weighted by Crippen LogP contribution is 2.40. The molecule has 4 aromatic rings. The summed E-state index contributed by atoms with van der Waals surface area (Å²) in [5, 5.41) is 0.803. The maximum absolute atomic E-state index is 14.2. The fourth-order valence-electron chi connectivity index (χ4n) is 5.66. The number of hydrogen-bond donors (Lipinski definition) is 1. The molecule has 2 aliphatic rings. The van der Waals surface area contributed by atoms with Crippen molar-refractivity contribution in [3.05, 3.63) is 72.1 Å². The number of aromatic amines is 1. The van der Waals surface area contributed by atoms with Gasteiger partial charge in [-0.25, -0.2) is 4.98 Å². The number of rotatable bonds is 4. The van der Waals surface area contributed by atoms with Crippen LogP contribution in [-0.2, 0) is 6.18 Å². The minimum absolute atomic E-state index is 0.0196. The summed E-state index contributed by atoms with van der Waals surface area (Å²) in [6, 6.07) is 13.9. The van der Waals surface area contributed by atoms with E-state index >= 15 is 0 Å². The zero-order valence-corrected chi connectivity index (χ0v) is 22.8. The smallest absolute Gasteiger partial charge is 0.368 e. The molecular weight excluding hydrogens is 515 g/mol. The highest BCUT2D eigenvalue weighted by molar-refractivity contribution is 5.98. The summed E-state index contributed by atoms with van der Waals surface area (Å²) in [4.78, 5) is 26.4. The Morgan fingerprint density at radius 3 is 2.25 bits per heavy atom. The number of nitrogens with zero attached hydrogens (tertiary/aromatic N) is 4. The van der Waals surface area contributed by atoms with Crippen molar-refractivity contribution in [2.45, 2.75) is 32.0 Å². The molecule has 2 saturated heterocycles. The summed E-state index contributed by atoms with van der Waals surface area (Å²) in [6.07, 6.45) is -0.0426. The number of alkyl halides is 3. The second-order valence-corrected chi connectivity index (χ2v) is 11.4. The van der Waals surface area contributed by atoms with E-state index in [1.54, 1.807) is 18.3 Å². The average molecular weight is 548 g/mol. The molecule has 0 spiro atoms. The Morgan fingerprint density at radius 1 is 0.925 bits per heavy atom. The van der Waals surface area contributed by atoms with E-state index in [1.165, 1.54) is 6.07 Å². The van der Waals surface area contributed by atoms with Crippen LogP contribution in [0.1, 0.15) is 36.2 Å². The molecule has 40 heavy (non-hydrogen) atoms. The molecule has 0 atom stereocenters. The highest BCUT2D eigenvalue weighted by Gasteiger charge is 2.39. The van der Waals surface area contributed by atoms with Crippen molar-refractivity contribution in [2.24, 2.45) is 0 Å². The maximum Gasteiger partial charge on any atom is 0.418 e. The number of amides is 1. The van der Waals surface area contributed by atoms with E-state index in [9.17, 15) is 18.0 Å². The number of benzene rings is 2. The summed E-state index contributed by atoms with van der Waals surface area (Å²) >= 11 is 0. The fraction of sp³-hybridized carbons (Fsp3) is 0.355. The average Bonchev–Trinajstić information content (AvgIpc) is 3.35. The van der Waals surface area contributed by atoms with E-state index in [1.807, 2.05) is 53.4 Å². The zero-order valence-electron chi connectivity index (χ0n) is 22.8. The van der Waals surface area contributed by atoms with Gasteiger partial charge in [-0.05, 0) is 68.8 Å². The lowest BCUT2D eigenvalue weighted by Gasteiger charge is -2.48. The van der Waals surface area contributed by atoms with Gasteiger partial charge in [0.1, 0.15) is 5.65 Å². The molecule has 2 aliphatic heterocycles. The Labute approximate surface area is 231 Å². The number of carbonyl (C=O) groups is 1. The highest BCUT2D eigenvalue weighted by atomic mass is 19.4. The molecule has 0 radical (unpaired) electrons. The molecular formula is C31H32F3N5O. The third kappa shape index (κ3) is 4.72. The number of carbonyl (C=O) groups excluding carboxylic acids is 1. The summed E-state index contributed by atoms with van der Waals surface area (Å²) < 4.78 is 42.6. The Bertz CT molecular complexity index is 1570. The molecule has 1 N–H and O–H groups in total. The standard InChI is InChI=1S/C31H32F3N5O/c1-30(2)10-11-39(30)29(40)21-6-4-20(5-7-21)25-19-36-28-24(25)16-23(18-35-28)22-8-9-27(26(17-22)31(32,33)34)38-14-12-37(3)13-15-38/h4-9,16-19H,10-15H2,1-3H3,(H,35,36). The van der Waals surface area contributed by atoms with Crippen molar-refractivity contribution in [1.82, 2.24) is 19.8 Å². The van der Waals surface area contributed by atoms with Crippen LogP contribution in [0.2, 0.25) is 0 Å². The van der Waals surface area contributed by atoms with Crippen LogP contribution >= 0.6 is 0 Å². The lowest BCUT2D eigenvalue weighted by atomic mass is 9.88. The number of hydrogen-bond acceptors (Lipinski definition) is 4. The molecule has 2 aromatic carbocycles. The molecule has 4 heterocycles. The largest absolute Gasteiger partial charge is 0.418 e. The maximum atomic E-state index is 14.2. The first-order valence-corrected chi connectivity index (χ1v) is 13.6.